The van der Waals surface area contributed by atoms with Gasteiger partial charge < -0.3 is 15.5 Å². The molecule has 0 saturated carbocycles. The third-order valence-electron chi connectivity index (χ3n) is 5.11. The van der Waals surface area contributed by atoms with Gasteiger partial charge in [0.05, 0.1) is 10.6 Å². The summed E-state index contributed by atoms with van der Waals surface area (Å²) in [5, 5.41) is 6.61. The molecule has 1 aromatic rings. The fourth-order valence-electron chi connectivity index (χ4n) is 3.50. The normalized spacial score (nSPS) is 21.2. The van der Waals surface area contributed by atoms with Crippen LogP contribution in [0.15, 0.2) is 18.2 Å². The molecule has 2 fully saturated rings. The van der Waals surface area contributed by atoms with Crippen LogP contribution >= 0.6 is 11.6 Å². The first-order valence-corrected chi connectivity index (χ1v) is 9.68. The lowest BCUT2D eigenvalue weighted by molar-refractivity contribution is -0.118. The van der Waals surface area contributed by atoms with E-state index in [1.165, 1.54) is 0 Å². The Morgan fingerprint density at radius 2 is 1.96 bits per heavy atom. The summed E-state index contributed by atoms with van der Waals surface area (Å²) in [7, 11) is 0. The van der Waals surface area contributed by atoms with Gasteiger partial charge in [0.2, 0.25) is 5.91 Å². The van der Waals surface area contributed by atoms with Crippen LogP contribution in [0.25, 0.3) is 0 Å². The molecule has 6 nitrogen and oxygen atoms in total. The van der Waals surface area contributed by atoms with Crippen molar-refractivity contribution in [2.45, 2.75) is 26.3 Å². The number of rotatable bonds is 4. The average Bonchev–Trinajstić information content (AvgIpc) is 3.13. The lowest BCUT2D eigenvalue weighted by atomic mass is 10.1. The predicted octanol–water partition coefficient (Wildman–Crippen LogP) is 2.05. The summed E-state index contributed by atoms with van der Waals surface area (Å²) in [6.07, 6.45) is 0.993. The van der Waals surface area contributed by atoms with Crippen molar-refractivity contribution >= 4 is 29.1 Å². The lowest BCUT2D eigenvalue weighted by Crippen LogP contribution is -2.49. The molecule has 2 amide bonds. The summed E-state index contributed by atoms with van der Waals surface area (Å²) in [4.78, 5) is 29.2. The number of anilines is 1. The number of hydrogen-bond donors (Lipinski definition) is 2. The van der Waals surface area contributed by atoms with E-state index in [9.17, 15) is 9.59 Å². The van der Waals surface area contributed by atoms with Crippen molar-refractivity contribution in [3.63, 3.8) is 0 Å². The molecule has 1 atom stereocenters. The lowest BCUT2D eigenvalue weighted by Gasteiger charge is -2.32. The maximum Gasteiger partial charge on any atom is 0.255 e. The molecule has 2 saturated heterocycles. The number of halogens is 1. The van der Waals surface area contributed by atoms with Gasteiger partial charge in [0.25, 0.3) is 5.91 Å². The molecule has 2 N–H and O–H groups in total. The van der Waals surface area contributed by atoms with Crippen LogP contribution in [-0.4, -0.2) is 66.9 Å². The fourth-order valence-corrected chi connectivity index (χ4v) is 3.69. The highest BCUT2D eigenvalue weighted by molar-refractivity contribution is 6.34. The van der Waals surface area contributed by atoms with Gasteiger partial charge in [0.15, 0.2) is 0 Å². The van der Waals surface area contributed by atoms with Crippen LogP contribution in [0.2, 0.25) is 5.02 Å². The van der Waals surface area contributed by atoms with Crippen molar-refractivity contribution in [3.8, 4) is 0 Å². The van der Waals surface area contributed by atoms with E-state index in [0.29, 0.717) is 22.3 Å². The number of carbonyl (C=O) groups excluding carboxylic acids is 2. The molecule has 1 aromatic carbocycles. The Bertz CT molecular complexity index is 674. The number of amides is 2. The van der Waals surface area contributed by atoms with Gasteiger partial charge >= 0.3 is 0 Å². The molecule has 3 rings (SSSR count). The van der Waals surface area contributed by atoms with Crippen LogP contribution in [-0.2, 0) is 4.79 Å². The van der Waals surface area contributed by atoms with Gasteiger partial charge in [-0.1, -0.05) is 25.4 Å². The van der Waals surface area contributed by atoms with Gasteiger partial charge in [0.1, 0.15) is 0 Å². The molecule has 0 radical (unpaired) electrons. The second kappa shape index (κ2) is 8.37. The smallest absolute Gasteiger partial charge is 0.255 e. The highest BCUT2D eigenvalue weighted by Gasteiger charge is 2.32. The maximum atomic E-state index is 13.0. The number of carbonyl (C=O) groups is 2. The van der Waals surface area contributed by atoms with Crippen molar-refractivity contribution in [2.24, 2.45) is 5.92 Å². The number of likely N-dealkylation sites (tertiary alicyclic amines) is 1. The van der Waals surface area contributed by atoms with Crippen LogP contribution in [0.5, 0.6) is 0 Å². The standard InChI is InChI=1S/C19H27ClN4O2/c1-13(2)18(25)22-14-3-4-17(20)16(11-14)19(26)24-8-5-15(12-24)23-9-6-21-7-10-23/h3-4,11,13,15,21H,5-10,12H2,1-2H3,(H,22,25). The van der Waals surface area contributed by atoms with Crippen molar-refractivity contribution in [3.05, 3.63) is 28.8 Å². The molecule has 0 aliphatic carbocycles. The minimum Gasteiger partial charge on any atom is -0.337 e. The van der Waals surface area contributed by atoms with E-state index in [1.807, 2.05) is 18.7 Å². The number of nitrogens with zero attached hydrogens (tertiary/aromatic N) is 2. The Kier molecular flexibility index (Phi) is 6.16. The highest BCUT2D eigenvalue weighted by Crippen LogP contribution is 2.25. The van der Waals surface area contributed by atoms with Gasteiger partial charge in [-0.25, -0.2) is 0 Å². The average molecular weight is 379 g/mol. The molecule has 2 aliphatic rings. The largest absolute Gasteiger partial charge is 0.337 e. The molecule has 2 aliphatic heterocycles. The summed E-state index contributed by atoms with van der Waals surface area (Å²) < 4.78 is 0. The number of benzene rings is 1. The quantitative estimate of drug-likeness (QED) is 0.841. The molecule has 26 heavy (non-hydrogen) atoms. The van der Waals surface area contributed by atoms with Gasteiger partial charge in [-0.2, -0.15) is 0 Å². The van der Waals surface area contributed by atoms with E-state index >= 15 is 0 Å². The van der Waals surface area contributed by atoms with Crippen LogP contribution in [0, 0.1) is 5.92 Å². The van der Waals surface area contributed by atoms with Crippen molar-refractivity contribution in [1.82, 2.24) is 15.1 Å². The third-order valence-corrected chi connectivity index (χ3v) is 5.44. The predicted molar refractivity (Wildman–Crippen MR) is 104 cm³/mol. The molecule has 1 unspecified atom stereocenters. The van der Waals surface area contributed by atoms with Crippen molar-refractivity contribution in [1.29, 1.82) is 0 Å². The first-order chi connectivity index (χ1) is 12.5. The molecule has 0 spiro atoms. The Labute approximate surface area is 159 Å². The van der Waals surface area contributed by atoms with Crippen LogP contribution in [0.3, 0.4) is 0 Å². The first kappa shape index (κ1) is 19.1. The molecular formula is C19H27ClN4O2. The van der Waals surface area contributed by atoms with E-state index in [1.54, 1.807) is 18.2 Å². The molecule has 0 bridgehead atoms. The van der Waals surface area contributed by atoms with Gasteiger partial charge in [0, 0.05) is 56.9 Å². The maximum absolute atomic E-state index is 13.0. The molecule has 2 heterocycles. The van der Waals surface area contributed by atoms with E-state index in [-0.39, 0.29) is 17.7 Å². The Morgan fingerprint density at radius 3 is 2.65 bits per heavy atom. The summed E-state index contributed by atoms with van der Waals surface area (Å²) in [6.45, 7) is 9.22. The van der Waals surface area contributed by atoms with Crippen LogP contribution in [0.4, 0.5) is 5.69 Å². The molecule has 0 aromatic heterocycles. The van der Waals surface area contributed by atoms with Crippen LogP contribution < -0.4 is 10.6 Å². The molecule has 7 heteroatoms. The fraction of sp³-hybridized carbons (Fsp3) is 0.579. The van der Waals surface area contributed by atoms with E-state index in [4.69, 9.17) is 11.6 Å². The monoisotopic (exact) mass is 378 g/mol. The number of nitrogens with one attached hydrogen (secondary N) is 2. The Morgan fingerprint density at radius 1 is 1.23 bits per heavy atom. The summed E-state index contributed by atoms with van der Waals surface area (Å²) >= 11 is 6.27. The topological polar surface area (TPSA) is 64.7 Å². The van der Waals surface area contributed by atoms with E-state index < -0.39 is 0 Å². The minimum absolute atomic E-state index is 0.0618. The van der Waals surface area contributed by atoms with E-state index in [2.05, 4.69) is 15.5 Å². The summed E-state index contributed by atoms with van der Waals surface area (Å²) in [5.74, 6) is -0.262. The second-order valence-corrected chi connectivity index (χ2v) is 7.73. The molecule has 142 valence electrons. The first-order valence-electron chi connectivity index (χ1n) is 9.30. The molecular weight excluding hydrogens is 352 g/mol. The number of piperazine rings is 1. The van der Waals surface area contributed by atoms with Crippen LogP contribution in [0.1, 0.15) is 30.6 Å². The zero-order valence-corrected chi connectivity index (χ0v) is 16.2. The van der Waals surface area contributed by atoms with Gasteiger partial charge in [-0.15, -0.1) is 0 Å². The Balaban J connectivity index is 1.68. The number of hydrogen-bond acceptors (Lipinski definition) is 4. The van der Waals surface area contributed by atoms with Crippen molar-refractivity contribution in [2.75, 3.05) is 44.6 Å². The zero-order chi connectivity index (χ0) is 18.7. The minimum atomic E-state index is -0.122. The van der Waals surface area contributed by atoms with Crippen molar-refractivity contribution < 1.29 is 9.59 Å². The van der Waals surface area contributed by atoms with Gasteiger partial charge in [-0.3, -0.25) is 14.5 Å². The SMILES string of the molecule is CC(C)C(=O)Nc1ccc(Cl)c(C(=O)N2CCC(N3CCNCC3)C2)c1. The highest BCUT2D eigenvalue weighted by atomic mass is 35.5. The Hall–Kier alpha value is -1.63. The third kappa shape index (κ3) is 4.37. The summed E-state index contributed by atoms with van der Waals surface area (Å²) in [5.41, 5.74) is 1.06. The van der Waals surface area contributed by atoms with Gasteiger partial charge in [-0.05, 0) is 24.6 Å². The summed E-state index contributed by atoms with van der Waals surface area (Å²) in [6, 6.07) is 5.51. The van der Waals surface area contributed by atoms with E-state index in [0.717, 1.165) is 45.7 Å². The zero-order valence-electron chi connectivity index (χ0n) is 15.4. The second-order valence-electron chi connectivity index (χ2n) is 7.32.